The maximum atomic E-state index is 10.9. The molecule has 6 heteroatoms. The van der Waals surface area contributed by atoms with Crippen LogP contribution in [-0.2, 0) is 0 Å². The van der Waals surface area contributed by atoms with Crippen LogP contribution in [0.5, 0.6) is 5.75 Å². The van der Waals surface area contributed by atoms with E-state index in [1.807, 2.05) is 0 Å². The minimum Gasteiger partial charge on any atom is -0.506 e. The van der Waals surface area contributed by atoms with Gasteiger partial charge < -0.3 is 10.4 Å². The van der Waals surface area contributed by atoms with Crippen molar-refractivity contribution in [3.05, 3.63) is 52.2 Å². The van der Waals surface area contributed by atoms with Crippen LogP contribution >= 0.6 is 0 Å². The third-order valence-electron chi connectivity index (χ3n) is 2.36. The summed E-state index contributed by atoms with van der Waals surface area (Å²) in [6.07, 6.45) is 1.52. The van der Waals surface area contributed by atoms with Gasteiger partial charge in [0, 0.05) is 12.3 Å². The highest BCUT2D eigenvalue weighted by molar-refractivity contribution is 5.69. The molecular weight excluding hydrogens is 234 g/mol. The van der Waals surface area contributed by atoms with Crippen LogP contribution in [0.4, 0.5) is 17.2 Å². The highest BCUT2D eigenvalue weighted by Gasteiger charge is 2.16. The van der Waals surface area contributed by atoms with Crippen molar-refractivity contribution < 1.29 is 10.0 Å². The molecule has 0 saturated carbocycles. The van der Waals surface area contributed by atoms with Gasteiger partial charge in [-0.05, 0) is 24.6 Å². The number of phenols is 1. The first-order valence-corrected chi connectivity index (χ1v) is 5.24. The lowest BCUT2D eigenvalue weighted by Crippen LogP contribution is -2.00. The van der Waals surface area contributed by atoms with Gasteiger partial charge in [0.05, 0.1) is 10.6 Å². The molecule has 1 heterocycles. The Labute approximate surface area is 103 Å². The number of phenolic OH excluding ortho intramolecular Hbond substituents is 1. The Hall–Kier alpha value is -2.63. The van der Waals surface area contributed by atoms with E-state index < -0.39 is 4.92 Å². The van der Waals surface area contributed by atoms with Crippen molar-refractivity contribution in [1.82, 2.24) is 4.98 Å². The second kappa shape index (κ2) is 4.70. The number of aryl methyl sites for hydroxylation is 1. The minimum atomic E-state index is -0.512. The van der Waals surface area contributed by atoms with Crippen molar-refractivity contribution >= 4 is 17.2 Å². The lowest BCUT2D eigenvalue weighted by atomic mass is 10.2. The van der Waals surface area contributed by atoms with E-state index in [1.54, 1.807) is 25.1 Å². The van der Waals surface area contributed by atoms with Crippen LogP contribution in [-0.4, -0.2) is 15.0 Å². The highest BCUT2D eigenvalue weighted by atomic mass is 16.6. The number of benzene rings is 1. The Balaban J connectivity index is 2.41. The van der Waals surface area contributed by atoms with E-state index in [0.29, 0.717) is 11.3 Å². The van der Waals surface area contributed by atoms with E-state index >= 15 is 0 Å². The van der Waals surface area contributed by atoms with Gasteiger partial charge in [-0.1, -0.05) is 12.1 Å². The van der Waals surface area contributed by atoms with Crippen LogP contribution in [0.3, 0.4) is 0 Å². The summed E-state index contributed by atoms with van der Waals surface area (Å²) < 4.78 is 0. The van der Waals surface area contributed by atoms with E-state index in [4.69, 9.17) is 0 Å². The average molecular weight is 245 g/mol. The summed E-state index contributed by atoms with van der Waals surface area (Å²) in [4.78, 5) is 14.4. The molecule has 0 radical (unpaired) electrons. The summed E-state index contributed by atoms with van der Waals surface area (Å²) in [5, 5.41) is 23.3. The molecule has 92 valence electrons. The van der Waals surface area contributed by atoms with Crippen LogP contribution in [0.2, 0.25) is 0 Å². The molecule has 0 aliphatic carbocycles. The summed E-state index contributed by atoms with van der Waals surface area (Å²) in [5.41, 5.74) is 0.944. The van der Waals surface area contributed by atoms with Crippen molar-refractivity contribution in [3.63, 3.8) is 0 Å². The van der Waals surface area contributed by atoms with Gasteiger partial charge in [0.1, 0.15) is 5.75 Å². The van der Waals surface area contributed by atoms with Crippen LogP contribution in [0.15, 0.2) is 36.5 Å². The second-order valence-corrected chi connectivity index (χ2v) is 3.78. The summed E-state index contributed by atoms with van der Waals surface area (Å²) in [5.74, 6) is 0.112. The first-order valence-electron chi connectivity index (χ1n) is 5.24. The lowest BCUT2D eigenvalue weighted by molar-refractivity contribution is -0.384. The largest absolute Gasteiger partial charge is 0.506 e. The monoisotopic (exact) mass is 245 g/mol. The molecular formula is C12H11N3O3. The number of nitrogens with one attached hydrogen (secondary N) is 1. The Morgan fingerprint density at radius 2 is 2.11 bits per heavy atom. The molecule has 0 aliphatic heterocycles. The van der Waals surface area contributed by atoms with E-state index in [1.165, 1.54) is 18.3 Å². The van der Waals surface area contributed by atoms with E-state index in [0.717, 1.165) is 0 Å². The molecule has 0 spiro atoms. The molecule has 0 atom stereocenters. The fourth-order valence-electron chi connectivity index (χ4n) is 1.50. The number of hydrogen-bond donors (Lipinski definition) is 2. The number of nitrogens with zero attached hydrogens (tertiary/aromatic N) is 2. The van der Waals surface area contributed by atoms with Gasteiger partial charge in [-0.25, -0.2) is 4.98 Å². The van der Waals surface area contributed by atoms with Gasteiger partial charge in [-0.2, -0.15) is 0 Å². The second-order valence-electron chi connectivity index (χ2n) is 3.78. The van der Waals surface area contributed by atoms with Gasteiger partial charge in [0.15, 0.2) is 0 Å². The van der Waals surface area contributed by atoms with Crippen LogP contribution < -0.4 is 5.32 Å². The standard InChI is InChI=1S/C12H11N3O3/c1-8-6-10(15(17)18)12(13-7-8)14-9-4-2-3-5-11(9)16/h2-7,16H,1H3,(H,13,14). The van der Waals surface area contributed by atoms with E-state index in [-0.39, 0.29) is 17.3 Å². The van der Waals surface area contributed by atoms with Gasteiger partial charge in [-0.15, -0.1) is 0 Å². The van der Waals surface area contributed by atoms with Gasteiger partial charge in [-0.3, -0.25) is 10.1 Å². The number of anilines is 2. The fraction of sp³-hybridized carbons (Fsp3) is 0.0833. The zero-order valence-corrected chi connectivity index (χ0v) is 9.62. The number of nitro groups is 1. The SMILES string of the molecule is Cc1cnc(Nc2ccccc2O)c([N+](=O)[O-])c1. The minimum absolute atomic E-state index is 0.00849. The number of pyridine rings is 1. The van der Waals surface area contributed by atoms with Crippen molar-refractivity contribution in [3.8, 4) is 5.75 Å². The van der Waals surface area contributed by atoms with Crippen LogP contribution in [0.25, 0.3) is 0 Å². The average Bonchev–Trinajstić information content (AvgIpc) is 2.34. The number of para-hydroxylation sites is 2. The predicted molar refractivity (Wildman–Crippen MR) is 67.0 cm³/mol. The van der Waals surface area contributed by atoms with Crippen molar-refractivity contribution in [2.24, 2.45) is 0 Å². The molecule has 2 N–H and O–H groups in total. The predicted octanol–water partition coefficient (Wildman–Crippen LogP) is 2.75. The Kier molecular flexibility index (Phi) is 3.09. The van der Waals surface area contributed by atoms with E-state index in [9.17, 15) is 15.2 Å². The molecule has 0 fully saturated rings. The smallest absolute Gasteiger partial charge is 0.311 e. The maximum absolute atomic E-state index is 10.9. The van der Waals surface area contributed by atoms with Gasteiger partial charge in [0.25, 0.3) is 0 Å². The molecule has 1 aromatic carbocycles. The number of aromatic hydroxyl groups is 1. The number of rotatable bonds is 3. The van der Waals surface area contributed by atoms with Gasteiger partial charge >= 0.3 is 5.69 Å². The van der Waals surface area contributed by atoms with Crippen LogP contribution in [0, 0.1) is 17.0 Å². The normalized spacial score (nSPS) is 10.1. The van der Waals surface area contributed by atoms with Crippen LogP contribution in [0.1, 0.15) is 5.56 Å². The Morgan fingerprint density at radius 1 is 1.39 bits per heavy atom. The molecule has 0 unspecified atom stereocenters. The first-order chi connectivity index (χ1) is 8.58. The van der Waals surface area contributed by atoms with Gasteiger partial charge in [0.2, 0.25) is 5.82 Å². The molecule has 0 bridgehead atoms. The maximum Gasteiger partial charge on any atom is 0.311 e. The fourth-order valence-corrected chi connectivity index (χ4v) is 1.50. The molecule has 18 heavy (non-hydrogen) atoms. The quantitative estimate of drug-likeness (QED) is 0.493. The van der Waals surface area contributed by atoms with Crippen molar-refractivity contribution in [2.75, 3.05) is 5.32 Å². The van der Waals surface area contributed by atoms with Crippen molar-refractivity contribution in [1.29, 1.82) is 0 Å². The third-order valence-corrected chi connectivity index (χ3v) is 2.36. The first kappa shape index (κ1) is 11.8. The van der Waals surface area contributed by atoms with E-state index in [2.05, 4.69) is 10.3 Å². The summed E-state index contributed by atoms with van der Waals surface area (Å²) >= 11 is 0. The summed E-state index contributed by atoms with van der Waals surface area (Å²) in [6, 6.07) is 7.90. The molecule has 0 amide bonds. The summed E-state index contributed by atoms with van der Waals surface area (Å²) in [6.45, 7) is 1.73. The van der Waals surface area contributed by atoms with Crippen molar-refractivity contribution in [2.45, 2.75) is 6.92 Å². The molecule has 6 nitrogen and oxygen atoms in total. The topological polar surface area (TPSA) is 88.3 Å². The number of aromatic nitrogens is 1. The molecule has 0 saturated heterocycles. The lowest BCUT2D eigenvalue weighted by Gasteiger charge is -2.07. The third kappa shape index (κ3) is 2.37. The molecule has 0 aliphatic rings. The molecule has 1 aromatic heterocycles. The Bertz CT molecular complexity index is 599. The zero-order valence-electron chi connectivity index (χ0n) is 9.62. The molecule has 2 rings (SSSR count). The number of hydrogen-bond acceptors (Lipinski definition) is 5. The molecule has 2 aromatic rings. The summed E-state index contributed by atoms with van der Waals surface area (Å²) in [7, 11) is 0. The Morgan fingerprint density at radius 3 is 2.78 bits per heavy atom. The zero-order chi connectivity index (χ0) is 13.1. The highest BCUT2D eigenvalue weighted by Crippen LogP contribution is 2.30.